The van der Waals surface area contributed by atoms with E-state index in [4.69, 9.17) is 16.3 Å². The molecule has 2 aliphatic carbocycles. The van der Waals surface area contributed by atoms with E-state index in [1.165, 1.54) is 5.56 Å². The van der Waals surface area contributed by atoms with Gasteiger partial charge in [-0.25, -0.2) is 13.1 Å². The first-order chi connectivity index (χ1) is 20.6. The Morgan fingerprint density at radius 2 is 1.84 bits per heavy atom. The molecule has 6 rings (SSSR count). The van der Waals surface area contributed by atoms with Gasteiger partial charge in [-0.05, 0) is 116 Å². The Balaban J connectivity index is 1.40. The lowest BCUT2D eigenvalue weighted by molar-refractivity contribution is 0.0000148. The number of hydrogen-bond donors (Lipinski definition) is 2. The summed E-state index contributed by atoms with van der Waals surface area (Å²) >= 11 is 6.33. The normalized spacial score (nSPS) is 32.1. The molecule has 6 atom stereocenters. The van der Waals surface area contributed by atoms with Crippen molar-refractivity contribution in [2.45, 2.75) is 76.8 Å². The predicted molar refractivity (Wildman–Crippen MR) is 170 cm³/mol. The van der Waals surface area contributed by atoms with Gasteiger partial charge >= 0.3 is 0 Å². The van der Waals surface area contributed by atoms with Crippen LogP contribution >= 0.6 is 11.6 Å². The maximum absolute atomic E-state index is 13.6. The van der Waals surface area contributed by atoms with Crippen LogP contribution in [0.3, 0.4) is 0 Å². The van der Waals surface area contributed by atoms with Crippen molar-refractivity contribution in [1.82, 2.24) is 4.72 Å². The van der Waals surface area contributed by atoms with E-state index in [-0.39, 0.29) is 23.7 Å². The topological polar surface area (TPSA) is 95.9 Å². The number of amides is 1. The second kappa shape index (κ2) is 12.4. The van der Waals surface area contributed by atoms with E-state index in [1.807, 2.05) is 37.3 Å². The molecule has 2 N–H and O–H groups in total. The number of benzene rings is 2. The Kier molecular flexibility index (Phi) is 8.82. The van der Waals surface area contributed by atoms with Crippen molar-refractivity contribution in [3.63, 3.8) is 0 Å². The second-order valence-corrected chi connectivity index (χ2v) is 15.5. The summed E-state index contributed by atoms with van der Waals surface area (Å²) in [6.07, 6.45) is 9.18. The zero-order valence-corrected chi connectivity index (χ0v) is 26.6. The minimum Gasteiger partial charge on any atom is -0.487 e. The van der Waals surface area contributed by atoms with E-state index < -0.39 is 27.3 Å². The van der Waals surface area contributed by atoms with Crippen molar-refractivity contribution in [3.05, 3.63) is 70.3 Å². The van der Waals surface area contributed by atoms with Crippen LogP contribution in [-0.4, -0.2) is 43.9 Å². The molecule has 0 unspecified atom stereocenters. The van der Waals surface area contributed by atoms with Crippen molar-refractivity contribution in [2.24, 2.45) is 29.6 Å². The van der Waals surface area contributed by atoms with E-state index in [0.29, 0.717) is 35.3 Å². The Labute approximate surface area is 260 Å². The van der Waals surface area contributed by atoms with Crippen LogP contribution in [0.15, 0.2) is 48.6 Å². The molecule has 9 heteroatoms. The molecule has 43 heavy (non-hydrogen) atoms. The highest BCUT2D eigenvalue weighted by Crippen LogP contribution is 2.45. The number of ether oxygens (including phenoxy) is 1. The lowest BCUT2D eigenvalue weighted by Crippen LogP contribution is -2.48. The number of nitrogens with zero attached hydrogens (tertiary/aromatic N) is 1. The van der Waals surface area contributed by atoms with Crippen LogP contribution < -0.4 is 14.4 Å². The minimum absolute atomic E-state index is 0.0448. The van der Waals surface area contributed by atoms with Gasteiger partial charge in [0.05, 0.1) is 17.0 Å². The predicted octanol–water partition coefficient (Wildman–Crippen LogP) is 6.13. The van der Waals surface area contributed by atoms with E-state index in [0.717, 1.165) is 62.9 Å². The fourth-order valence-corrected chi connectivity index (χ4v) is 9.67. The molecule has 2 fully saturated rings. The Hall–Kier alpha value is -2.55. The number of carbonyl (C=O) groups excluding carboxylic acids is 1. The third-order valence-electron chi connectivity index (χ3n) is 10.1. The number of nitrogens with one attached hydrogen (secondary N) is 1. The summed E-state index contributed by atoms with van der Waals surface area (Å²) in [4.78, 5) is 15.8. The van der Waals surface area contributed by atoms with Gasteiger partial charge in [0.25, 0.3) is 5.91 Å². The van der Waals surface area contributed by atoms with Gasteiger partial charge in [-0.15, -0.1) is 0 Å². The molecule has 0 spiro atoms. The first-order valence-electron chi connectivity index (χ1n) is 15.8. The van der Waals surface area contributed by atoms with Gasteiger partial charge in [-0.2, -0.15) is 0 Å². The lowest BCUT2D eigenvalue weighted by Gasteiger charge is -2.47. The van der Waals surface area contributed by atoms with Crippen LogP contribution in [0.5, 0.6) is 5.75 Å². The molecule has 0 saturated heterocycles. The van der Waals surface area contributed by atoms with Gasteiger partial charge in [0.2, 0.25) is 10.0 Å². The molecule has 2 saturated carbocycles. The third kappa shape index (κ3) is 6.62. The maximum atomic E-state index is 13.6. The van der Waals surface area contributed by atoms with Crippen LogP contribution in [-0.2, 0) is 23.1 Å². The molecule has 4 aliphatic rings. The van der Waals surface area contributed by atoms with Gasteiger partial charge in [-0.3, -0.25) is 4.79 Å². The molecule has 2 aromatic rings. The van der Waals surface area contributed by atoms with Gasteiger partial charge in [0.15, 0.2) is 0 Å². The first-order valence-corrected chi connectivity index (χ1v) is 17.7. The highest BCUT2D eigenvalue weighted by atomic mass is 35.5. The number of aryl methyl sites for hydroxylation is 1. The quantitative estimate of drug-likeness (QED) is 0.370. The Bertz CT molecular complexity index is 1490. The summed E-state index contributed by atoms with van der Waals surface area (Å²) in [5.41, 5.74) is 3.33. The average Bonchev–Trinajstić information content (AvgIpc) is 3.78. The largest absolute Gasteiger partial charge is 0.487 e. The zero-order valence-electron chi connectivity index (χ0n) is 25.0. The van der Waals surface area contributed by atoms with E-state index in [1.54, 1.807) is 18.2 Å². The van der Waals surface area contributed by atoms with Crippen LogP contribution in [0.2, 0.25) is 5.02 Å². The monoisotopic (exact) mass is 626 g/mol. The van der Waals surface area contributed by atoms with Crippen molar-refractivity contribution < 1.29 is 23.1 Å². The maximum Gasteiger partial charge on any atom is 0.264 e. The van der Waals surface area contributed by atoms with Gasteiger partial charge < -0.3 is 14.7 Å². The molecule has 7 nitrogen and oxygen atoms in total. The number of fused-ring (bicyclic) bond motifs is 3. The smallest absolute Gasteiger partial charge is 0.264 e. The van der Waals surface area contributed by atoms with Crippen molar-refractivity contribution in [3.8, 4) is 5.75 Å². The number of aliphatic hydroxyl groups excluding tert-OH is 1. The summed E-state index contributed by atoms with van der Waals surface area (Å²) in [7, 11) is -3.92. The number of rotatable bonds is 1. The van der Waals surface area contributed by atoms with E-state index >= 15 is 0 Å². The third-order valence-corrected chi connectivity index (χ3v) is 12.4. The van der Waals surface area contributed by atoms with Crippen LogP contribution in [0.4, 0.5) is 5.69 Å². The summed E-state index contributed by atoms with van der Waals surface area (Å²) < 4.78 is 36.1. The fourth-order valence-electron chi connectivity index (χ4n) is 7.46. The standard InChI is InChI=1S/C34H43ClN2O5S/c1-21-6-5-8-31(38)28-16-22(2)29(28)19-37-15-4-3-7-24-17-27(35)13-11-26(24)20-42-32-14-12-25(18-30(32)37)34(39)36-43(40,41)33(21)23-9-10-23/h5,8,11-14,17-18,21-23,28-29,31,33,38H,3-4,6-7,9-10,15-16,19-20H2,1-2H3,(H,36,39)/b8-5+/t21-,22-,28-,29-,31+,33-/m1/s1. The van der Waals surface area contributed by atoms with Gasteiger partial charge in [0, 0.05) is 23.7 Å². The van der Waals surface area contributed by atoms with Crippen LogP contribution in [0, 0.1) is 29.6 Å². The number of sulfonamides is 1. The van der Waals surface area contributed by atoms with Crippen molar-refractivity contribution >= 4 is 33.2 Å². The number of anilines is 1. The first kappa shape index (κ1) is 30.5. The highest BCUT2D eigenvalue weighted by Gasteiger charge is 2.45. The molecule has 0 radical (unpaired) electrons. The van der Waals surface area contributed by atoms with Crippen LogP contribution in [0.25, 0.3) is 0 Å². The van der Waals surface area contributed by atoms with Gasteiger partial charge in [-0.1, -0.05) is 43.7 Å². The molecule has 2 bridgehead atoms. The lowest BCUT2D eigenvalue weighted by atomic mass is 9.63. The van der Waals surface area contributed by atoms with Crippen molar-refractivity contribution in [1.29, 1.82) is 0 Å². The van der Waals surface area contributed by atoms with Crippen molar-refractivity contribution in [2.75, 3.05) is 18.0 Å². The summed E-state index contributed by atoms with van der Waals surface area (Å²) in [6, 6.07) is 11.1. The highest BCUT2D eigenvalue weighted by molar-refractivity contribution is 7.90. The molecule has 232 valence electrons. The number of carbonyl (C=O) groups is 1. The molecule has 2 heterocycles. The summed E-state index contributed by atoms with van der Waals surface area (Å²) in [6.45, 7) is 6.01. The summed E-state index contributed by atoms with van der Waals surface area (Å²) in [5, 5.41) is 11.3. The molecule has 2 aromatic carbocycles. The Morgan fingerprint density at radius 1 is 1.02 bits per heavy atom. The molecule has 1 amide bonds. The number of aliphatic hydroxyl groups is 1. The SMILES string of the molecule is C[C@@H]1C[C@@H]2[C@@H]1CN1CCCCc3cc(Cl)ccc3COc3ccc(cc31)C(=O)NS(=O)(=O)[C@@H](C1CC1)[C@H](C)C/C=C/[C@@H]2O. The number of halogens is 1. The summed E-state index contributed by atoms with van der Waals surface area (Å²) in [5.74, 6) is 0.756. The van der Waals surface area contributed by atoms with Gasteiger partial charge in [0.1, 0.15) is 12.4 Å². The number of allylic oxidation sites excluding steroid dienone is 1. The Morgan fingerprint density at radius 3 is 2.60 bits per heavy atom. The number of hydrogen-bond acceptors (Lipinski definition) is 6. The molecular formula is C34H43ClN2O5S. The average molecular weight is 627 g/mol. The van der Waals surface area contributed by atoms with E-state index in [2.05, 4.69) is 16.5 Å². The zero-order chi connectivity index (χ0) is 30.3. The molecule has 0 aromatic heterocycles. The van der Waals surface area contributed by atoms with Crippen LogP contribution in [0.1, 0.15) is 73.9 Å². The molecule has 2 aliphatic heterocycles. The van der Waals surface area contributed by atoms with E-state index in [9.17, 15) is 18.3 Å². The second-order valence-electron chi connectivity index (χ2n) is 13.2. The molecular weight excluding hydrogens is 584 g/mol. The fraction of sp³-hybridized carbons (Fsp3) is 0.559. The minimum atomic E-state index is -3.92.